The van der Waals surface area contributed by atoms with Gasteiger partial charge in [0.15, 0.2) is 6.61 Å². The summed E-state index contributed by atoms with van der Waals surface area (Å²) in [5.41, 5.74) is 0.707. The van der Waals surface area contributed by atoms with Crippen LogP contribution in [-0.2, 0) is 19.7 Å². The first-order valence-electron chi connectivity index (χ1n) is 8.87. The fourth-order valence-electron chi connectivity index (χ4n) is 3.19. The summed E-state index contributed by atoms with van der Waals surface area (Å²) < 4.78 is 5.35. The van der Waals surface area contributed by atoms with E-state index in [4.69, 9.17) is 21.6 Å². The lowest BCUT2D eigenvalue weighted by atomic mass is 9.64. The Morgan fingerprint density at radius 3 is 2.68 bits per heavy atom. The summed E-state index contributed by atoms with van der Waals surface area (Å²) >= 11 is 7.40. The Morgan fingerprint density at radius 1 is 1.21 bits per heavy atom. The van der Waals surface area contributed by atoms with Crippen molar-refractivity contribution in [1.29, 1.82) is 5.26 Å². The molecule has 1 aliphatic carbocycles. The molecule has 0 aliphatic heterocycles. The van der Waals surface area contributed by atoms with Crippen molar-refractivity contribution in [1.82, 2.24) is 0 Å². The number of carbonyl (C=O) groups is 2. The minimum Gasteiger partial charge on any atom is -0.455 e. The summed E-state index contributed by atoms with van der Waals surface area (Å²) in [4.78, 5) is 25.8. The third-order valence-electron chi connectivity index (χ3n) is 4.76. The van der Waals surface area contributed by atoms with Gasteiger partial charge in [0.05, 0.1) is 22.9 Å². The lowest BCUT2D eigenvalue weighted by Gasteiger charge is -2.39. The van der Waals surface area contributed by atoms with E-state index in [9.17, 15) is 9.59 Å². The average molecular weight is 415 g/mol. The number of nitrogens with one attached hydrogen (secondary N) is 1. The molecule has 1 amide bonds. The van der Waals surface area contributed by atoms with Crippen LogP contribution in [0.1, 0.15) is 24.8 Å². The van der Waals surface area contributed by atoms with Gasteiger partial charge in [-0.15, -0.1) is 11.8 Å². The number of carbonyl (C=O) groups excluding carboxylic acids is 2. The molecule has 1 fully saturated rings. The number of hydrogen-bond acceptors (Lipinski definition) is 5. The highest BCUT2D eigenvalue weighted by atomic mass is 35.5. The maximum Gasteiger partial charge on any atom is 0.317 e. The zero-order chi connectivity index (χ0) is 20.0. The Kier molecular flexibility index (Phi) is 6.61. The number of esters is 1. The zero-order valence-electron chi connectivity index (χ0n) is 15.1. The van der Waals surface area contributed by atoms with Crippen LogP contribution in [0.15, 0.2) is 53.4 Å². The van der Waals surface area contributed by atoms with Crippen LogP contribution >= 0.6 is 23.4 Å². The van der Waals surface area contributed by atoms with Crippen LogP contribution in [0, 0.1) is 11.3 Å². The maximum atomic E-state index is 12.7. The van der Waals surface area contributed by atoms with E-state index >= 15 is 0 Å². The second-order valence-corrected chi connectivity index (χ2v) is 7.97. The van der Waals surface area contributed by atoms with Crippen LogP contribution in [0.2, 0.25) is 5.02 Å². The standard InChI is InChI=1S/C21H19ClN2O3S/c22-16-6-3-5-15(13-16)21(9-4-10-21)20(26)27-14-19(25)24-17-7-1-2-8-18(17)28-12-11-23/h1-3,5-8,13H,4,9-10,12,14H2,(H,24,25). The third kappa shape index (κ3) is 4.49. The van der Waals surface area contributed by atoms with E-state index < -0.39 is 17.3 Å². The van der Waals surface area contributed by atoms with Crippen LogP contribution in [0.4, 0.5) is 5.69 Å². The number of hydrogen-bond donors (Lipinski definition) is 1. The van der Waals surface area contributed by atoms with Gasteiger partial charge in [0, 0.05) is 9.92 Å². The van der Waals surface area contributed by atoms with Gasteiger partial charge >= 0.3 is 5.97 Å². The van der Waals surface area contributed by atoms with Crippen LogP contribution < -0.4 is 5.32 Å². The number of nitriles is 1. The van der Waals surface area contributed by atoms with Crippen LogP contribution in [0.25, 0.3) is 0 Å². The number of halogens is 1. The molecule has 1 saturated carbocycles. The molecule has 2 aromatic rings. The van der Waals surface area contributed by atoms with Gasteiger partial charge in [-0.3, -0.25) is 9.59 Å². The second-order valence-electron chi connectivity index (χ2n) is 6.51. The Hall–Kier alpha value is -2.49. The van der Waals surface area contributed by atoms with E-state index in [0.717, 1.165) is 16.9 Å². The average Bonchev–Trinajstić information content (AvgIpc) is 2.65. The Bertz CT molecular complexity index is 922. The Balaban J connectivity index is 1.62. The van der Waals surface area contributed by atoms with E-state index in [-0.39, 0.29) is 12.4 Å². The molecule has 0 bridgehead atoms. The highest BCUT2D eigenvalue weighted by molar-refractivity contribution is 7.99. The van der Waals surface area contributed by atoms with Crippen LogP contribution in [0.5, 0.6) is 0 Å². The summed E-state index contributed by atoms with van der Waals surface area (Å²) in [5.74, 6) is -0.536. The molecule has 0 saturated heterocycles. The molecule has 0 unspecified atom stereocenters. The lowest BCUT2D eigenvalue weighted by molar-refractivity contribution is -0.156. The van der Waals surface area contributed by atoms with Gasteiger partial charge in [-0.2, -0.15) is 5.26 Å². The zero-order valence-corrected chi connectivity index (χ0v) is 16.7. The smallest absolute Gasteiger partial charge is 0.317 e. The summed E-state index contributed by atoms with van der Waals surface area (Å²) in [7, 11) is 0. The van der Waals surface area contributed by atoms with Crippen molar-refractivity contribution in [3.63, 3.8) is 0 Å². The first kappa shape index (κ1) is 20.2. The number of ether oxygens (including phenoxy) is 1. The highest BCUT2D eigenvalue weighted by Gasteiger charge is 2.47. The van der Waals surface area contributed by atoms with Gasteiger partial charge in [-0.1, -0.05) is 42.3 Å². The van der Waals surface area contributed by atoms with Crippen molar-refractivity contribution in [2.24, 2.45) is 0 Å². The molecule has 0 spiro atoms. The first-order chi connectivity index (χ1) is 13.5. The van der Waals surface area contributed by atoms with Gasteiger partial charge in [-0.25, -0.2) is 0 Å². The molecule has 0 heterocycles. The van der Waals surface area contributed by atoms with Crippen molar-refractivity contribution >= 4 is 40.9 Å². The molecule has 5 nitrogen and oxygen atoms in total. The molecule has 1 N–H and O–H groups in total. The third-order valence-corrected chi connectivity index (χ3v) is 5.94. The van der Waals surface area contributed by atoms with Crippen molar-refractivity contribution in [3.05, 3.63) is 59.1 Å². The van der Waals surface area contributed by atoms with Crippen LogP contribution in [0.3, 0.4) is 0 Å². The Labute approximate surface area is 173 Å². The van der Waals surface area contributed by atoms with Crippen molar-refractivity contribution in [2.75, 3.05) is 17.7 Å². The number of rotatable bonds is 7. The van der Waals surface area contributed by atoms with Gasteiger partial charge in [-0.05, 0) is 42.7 Å². The minimum absolute atomic E-state index is 0.282. The van der Waals surface area contributed by atoms with Crippen molar-refractivity contribution < 1.29 is 14.3 Å². The van der Waals surface area contributed by atoms with Gasteiger partial charge in [0.25, 0.3) is 5.91 Å². The molecule has 7 heteroatoms. The topological polar surface area (TPSA) is 79.2 Å². The van der Waals surface area contributed by atoms with E-state index in [1.165, 1.54) is 11.8 Å². The molecule has 3 rings (SSSR count). The molecule has 28 heavy (non-hydrogen) atoms. The summed E-state index contributed by atoms with van der Waals surface area (Å²) in [5, 5.41) is 12.1. The normalized spacial score (nSPS) is 14.4. The quantitative estimate of drug-likeness (QED) is 0.530. The minimum atomic E-state index is -0.717. The number of benzene rings is 2. The molecule has 2 aromatic carbocycles. The predicted molar refractivity (Wildman–Crippen MR) is 109 cm³/mol. The molecular formula is C21H19ClN2O3S. The Morgan fingerprint density at radius 2 is 2.00 bits per heavy atom. The number of amides is 1. The first-order valence-corrected chi connectivity index (χ1v) is 10.2. The number of para-hydroxylation sites is 1. The fourth-order valence-corrected chi connectivity index (χ4v) is 4.05. The second kappa shape index (κ2) is 9.13. The number of thioether (sulfide) groups is 1. The predicted octanol–water partition coefficient (Wildman–Crippen LogP) is 4.56. The van der Waals surface area contributed by atoms with E-state index in [1.54, 1.807) is 24.3 Å². The van der Waals surface area contributed by atoms with E-state index in [0.29, 0.717) is 23.6 Å². The monoisotopic (exact) mass is 414 g/mol. The molecule has 1 aliphatic rings. The van der Waals surface area contributed by atoms with Crippen LogP contribution in [-0.4, -0.2) is 24.2 Å². The van der Waals surface area contributed by atoms with E-state index in [1.807, 2.05) is 24.3 Å². The van der Waals surface area contributed by atoms with Gasteiger partial charge in [0.2, 0.25) is 0 Å². The van der Waals surface area contributed by atoms with Gasteiger partial charge in [0.1, 0.15) is 0 Å². The van der Waals surface area contributed by atoms with E-state index in [2.05, 4.69) is 11.4 Å². The van der Waals surface area contributed by atoms with Crippen molar-refractivity contribution in [2.45, 2.75) is 29.6 Å². The summed E-state index contributed by atoms with van der Waals surface area (Å²) in [6, 6.07) is 16.5. The fraction of sp³-hybridized carbons (Fsp3) is 0.286. The highest BCUT2D eigenvalue weighted by Crippen LogP contribution is 2.45. The molecule has 0 radical (unpaired) electrons. The number of anilines is 1. The largest absolute Gasteiger partial charge is 0.455 e. The molecule has 0 atom stereocenters. The SMILES string of the molecule is N#CCSc1ccccc1NC(=O)COC(=O)C1(c2cccc(Cl)c2)CCC1. The number of nitrogens with zero attached hydrogens (tertiary/aromatic N) is 1. The molecule has 144 valence electrons. The van der Waals surface area contributed by atoms with Gasteiger partial charge < -0.3 is 10.1 Å². The maximum absolute atomic E-state index is 12.7. The van der Waals surface area contributed by atoms with Crippen molar-refractivity contribution in [3.8, 4) is 6.07 Å². The molecular weight excluding hydrogens is 396 g/mol. The summed E-state index contributed by atoms with van der Waals surface area (Å²) in [6.07, 6.45) is 2.29. The summed E-state index contributed by atoms with van der Waals surface area (Å²) in [6.45, 7) is -0.363. The molecule has 0 aromatic heterocycles. The lowest BCUT2D eigenvalue weighted by Crippen LogP contribution is -2.44.